The average molecular weight is 238 g/mol. The molecule has 0 aliphatic carbocycles. The summed E-state index contributed by atoms with van der Waals surface area (Å²) in [5, 5.41) is 0.582. The fourth-order valence-electron chi connectivity index (χ4n) is 1.82. The lowest BCUT2D eigenvalue weighted by Crippen LogP contribution is -2.14. The van der Waals surface area contributed by atoms with Crippen LogP contribution in [0.3, 0.4) is 0 Å². The van der Waals surface area contributed by atoms with Crippen molar-refractivity contribution < 1.29 is 9.47 Å². The van der Waals surface area contributed by atoms with Crippen LogP contribution in [0, 0.1) is 0 Å². The third kappa shape index (κ3) is 3.24. The van der Waals surface area contributed by atoms with Gasteiger partial charge in [-0.15, -0.1) is 11.8 Å². The molecule has 0 saturated heterocycles. The summed E-state index contributed by atoms with van der Waals surface area (Å²) in [7, 11) is 0. The van der Waals surface area contributed by atoms with E-state index in [-0.39, 0.29) is 0 Å². The number of thioether (sulfide) groups is 1. The van der Waals surface area contributed by atoms with Crippen LogP contribution in [-0.4, -0.2) is 31.7 Å². The van der Waals surface area contributed by atoms with Crippen LogP contribution in [0.4, 0.5) is 0 Å². The molecule has 0 fully saturated rings. The van der Waals surface area contributed by atoms with Gasteiger partial charge in [-0.1, -0.05) is 18.2 Å². The first-order valence-electron chi connectivity index (χ1n) is 5.80. The first-order valence-corrected chi connectivity index (χ1v) is 6.68. The van der Waals surface area contributed by atoms with Crippen molar-refractivity contribution in [2.45, 2.75) is 23.5 Å². The van der Waals surface area contributed by atoms with Crippen molar-refractivity contribution in [3.63, 3.8) is 0 Å². The van der Waals surface area contributed by atoms with Gasteiger partial charge in [-0.05, 0) is 25.0 Å². The van der Waals surface area contributed by atoms with Gasteiger partial charge in [0.2, 0.25) is 0 Å². The van der Waals surface area contributed by atoms with E-state index in [1.165, 1.54) is 10.5 Å². The molecule has 1 aliphatic rings. The Hall–Kier alpha value is -0.510. The lowest BCUT2D eigenvalue weighted by molar-refractivity contribution is 0.0537. The van der Waals surface area contributed by atoms with E-state index in [1.54, 1.807) is 0 Å². The molecule has 1 atom stereocenters. The van der Waals surface area contributed by atoms with Gasteiger partial charge in [0.1, 0.15) is 0 Å². The van der Waals surface area contributed by atoms with Crippen LogP contribution in [0.25, 0.3) is 0 Å². The highest BCUT2D eigenvalue weighted by Gasteiger charge is 2.21. The van der Waals surface area contributed by atoms with Crippen LogP contribution in [0.5, 0.6) is 0 Å². The molecule has 2 nitrogen and oxygen atoms in total. The fraction of sp³-hybridized carbons (Fsp3) is 0.538. The van der Waals surface area contributed by atoms with Gasteiger partial charge in [0, 0.05) is 16.8 Å². The van der Waals surface area contributed by atoms with Crippen molar-refractivity contribution in [2.24, 2.45) is 0 Å². The van der Waals surface area contributed by atoms with E-state index >= 15 is 0 Å². The van der Waals surface area contributed by atoms with Gasteiger partial charge in [-0.2, -0.15) is 0 Å². The van der Waals surface area contributed by atoms with Crippen molar-refractivity contribution in [2.75, 3.05) is 26.4 Å². The minimum absolute atomic E-state index is 0.582. The Morgan fingerprint density at radius 3 is 2.88 bits per heavy atom. The molecule has 1 unspecified atom stereocenters. The van der Waals surface area contributed by atoms with E-state index in [0.717, 1.165) is 19.6 Å². The highest BCUT2D eigenvalue weighted by Crippen LogP contribution is 2.36. The van der Waals surface area contributed by atoms with E-state index in [0.29, 0.717) is 18.5 Å². The summed E-state index contributed by atoms with van der Waals surface area (Å²) in [5.41, 5.74) is 1.46. The molecule has 0 N–H and O–H groups in total. The number of hydrogen-bond donors (Lipinski definition) is 0. The number of fused-ring (bicyclic) bond motifs is 1. The Kier molecular flexibility index (Phi) is 4.69. The molecule has 0 amide bonds. The second kappa shape index (κ2) is 6.28. The van der Waals surface area contributed by atoms with Crippen molar-refractivity contribution in [3.8, 4) is 0 Å². The maximum atomic E-state index is 5.61. The standard InChI is InChI=1S/C13H18O2S/c1-2-14-7-8-15-10-12-9-11-5-3-4-6-13(11)16-12/h3-6,12H,2,7-10H2,1H3. The van der Waals surface area contributed by atoms with Crippen LogP contribution in [0.1, 0.15) is 12.5 Å². The molecule has 1 aliphatic heterocycles. The fourth-order valence-corrected chi connectivity index (χ4v) is 3.07. The highest BCUT2D eigenvalue weighted by atomic mass is 32.2. The molecule has 1 aromatic rings. The smallest absolute Gasteiger partial charge is 0.0700 e. The van der Waals surface area contributed by atoms with Gasteiger partial charge in [0.15, 0.2) is 0 Å². The van der Waals surface area contributed by atoms with Crippen LogP contribution in [0.2, 0.25) is 0 Å². The summed E-state index contributed by atoms with van der Waals surface area (Å²) in [4.78, 5) is 1.42. The molecule has 0 spiro atoms. The quantitative estimate of drug-likeness (QED) is 0.710. The lowest BCUT2D eigenvalue weighted by Gasteiger charge is -2.09. The monoisotopic (exact) mass is 238 g/mol. The van der Waals surface area contributed by atoms with Crippen LogP contribution in [-0.2, 0) is 15.9 Å². The van der Waals surface area contributed by atoms with Crippen molar-refractivity contribution in [1.29, 1.82) is 0 Å². The van der Waals surface area contributed by atoms with Gasteiger partial charge in [0.25, 0.3) is 0 Å². The summed E-state index contributed by atoms with van der Waals surface area (Å²) < 4.78 is 10.8. The molecular weight excluding hydrogens is 220 g/mol. The third-order valence-corrected chi connectivity index (χ3v) is 3.88. The minimum atomic E-state index is 0.582. The predicted octanol–water partition coefficient (Wildman–Crippen LogP) is 2.76. The van der Waals surface area contributed by atoms with Crippen LogP contribution < -0.4 is 0 Å². The third-order valence-electron chi connectivity index (χ3n) is 2.59. The number of benzene rings is 1. The molecule has 3 heteroatoms. The largest absolute Gasteiger partial charge is 0.379 e. The lowest BCUT2D eigenvalue weighted by atomic mass is 10.1. The molecule has 16 heavy (non-hydrogen) atoms. The molecule has 1 aromatic carbocycles. The molecular formula is C13H18O2S. The second-order valence-corrected chi connectivity index (χ2v) is 5.17. The molecule has 2 rings (SSSR count). The molecule has 88 valence electrons. The zero-order valence-corrected chi connectivity index (χ0v) is 10.5. The zero-order valence-electron chi connectivity index (χ0n) is 9.65. The van der Waals surface area contributed by atoms with Gasteiger partial charge in [0.05, 0.1) is 19.8 Å². The van der Waals surface area contributed by atoms with E-state index in [9.17, 15) is 0 Å². The normalized spacial score (nSPS) is 18.7. The maximum Gasteiger partial charge on any atom is 0.0700 e. The SMILES string of the molecule is CCOCCOCC1Cc2ccccc2S1. The summed E-state index contributed by atoms with van der Waals surface area (Å²) >= 11 is 1.93. The van der Waals surface area contributed by atoms with Gasteiger partial charge in [-0.25, -0.2) is 0 Å². The van der Waals surface area contributed by atoms with Crippen molar-refractivity contribution in [1.82, 2.24) is 0 Å². The Labute approximate surface area is 101 Å². The van der Waals surface area contributed by atoms with Gasteiger partial charge in [-0.3, -0.25) is 0 Å². The number of ether oxygens (including phenoxy) is 2. The van der Waals surface area contributed by atoms with E-state index < -0.39 is 0 Å². The molecule has 0 radical (unpaired) electrons. The van der Waals surface area contributed by atoms with Gasteiger partial charge >= 0.3 is 0 Å². The second-order valence-electron chi connectivity index (χ2n) is 3.82. The van der Waals surface area contributed by atoms with E-state index in [1.807, 2.05) is 18.7 Å². The topological polar surface area (TPSA) is 18.5 Å². The van der Waals surface area contributed by atoms with Gasteiger partial charge < -0.3 is 9.47 Å². The first-order chi connectivity index (χ1) is 7.90. The Morgan fingerprint density at radius 1 is 1.25 bits per heavy atom. The zero-order chi connectivity index (χ0) is 11.2. The van der Waals surface area contributed by atoms with E-state index in [4.69, 9.17) is 9.47 Å². The number of rotatable bonds is 6. The van der Waals surface area contributed by atoms with Crippen molar-refractivity contribution in [3.05, 3.63) is 29.8 Å². The molecule has 1 heterocycles. The van der Waals surface area contributed by atoms with Crippen molar-refractivity contribution >= 4 is 11.8 Å². The summed E-state index contributed by atoms with van der Waals surface area (Å²) in [5.74, 6) is 0. The first kappa shape index (κ1) is 12.0. The summed E-state index contributed by atoms with van der Waals surface area (Å²) in [6.07, 6.45) is 1.13. The van der Waals surface area contributed by atoms with Crippen LogP contribution in [0.15, 0.2) is 29.2 Å². The Morgan fingerprint density at radius 2 is 2.06 bits per heavy atom. The maximum absolute atomic E-state index is 5.61. The Balaban J connectivity index is 1.67. The van der Waals surface area contributed by atoms with E-state index in [2.05, 4.69) is 24.3 Å². The molecule has 0 saturated carbocycles. The summed E-state index contributed by atoms with van der Waals surface area (Å²) in [6, 6.07) is 8.62. The Bertz CT molecular complexity index is 302. The molecule has 0 bridgehead atoms. The summed E-state index contributed by atoms with van der Waals surface area (Å²) in [6.45, 7) is 5.02. The highest BCUT2D eigenvalue weighted by molar-refractivity contribution is 8.00. The van der Waals surface area contributed by atoms with Crippen LogP contribution >= 0.6 is 11.8 Å². The predicted molar refractivity (Wildman–Crippen MR) is 67.1 cm³/mol. The minimum Gasteiger partial charge on any atom is -0.379 e. The molecule has 0 aromatic heterocycles. The average Bonchev–Trinajstić information content (AvgIpc) is 2.71. The number of hydrogen-bond acceptors (Lipinski definition) is 3.